The third-order valence-electron chi connectivity index (χ3n) is 4.91. The number of hydrogen-bond donors (Lipinski definition) is 1. The quantitative estimate of drug-likeness (QED) is 0.799. The van der Waals surface area contributed by atoms with Crippen LogP contribution >= 0.6 is 0 Å². The predicted octanol–water partition coefficient (Wildman–Crippen LogP) is 3.65. The first-order valence-electron chi connectivity index (χ1n) is 7.10. The second-order valence-corrected chi connectivity index (χ2v) is 6.06. The fraction of sp³-hybridized carbons (Fsp3) is 0.562. The van der Waals surface area contributed by atoms with Gasteiger partial charge >= 0.3 is 0 Å². The van der Waals surface area contributed by atoms with Crippen molar-refractivity contribution in [3.05, 3.63) is 35.4 Å². The molecular formula is C16H22N2. The second kappa shape index (κ2) is 4.42. The van der Waals surface area contributed by atoms with E-state index in [4.69, 9.17) is 5.41 Å². The van der Waals surface area contributed by atoms with Crippen molar-refractivity contribution in [1.29, 1.82) is 5.41 Å². The van der Waals surface area contributed by atoms with E-state index in [1.54, 1.807) is 0 Å². The van der Waals surface area contributed by atoms with Crippen molar-refractivity contribution < 1.29 is 0 Å². The van der Waals surface area contributed by atoms with E-state index in [9.17, 15) is 0 Å². The molecule has 1 fully saturated rings. The van der Waals surface area contributed by atoms with Crippen molar-refractivity contribution in [2.24, 2.45) is 11.8 Å². The lowest BCUT2D eigenvalue weighted by Gasteiger charge is -2.38. The molecule has 0 aromatic heterocycles. The Morgan fingerprint density at radius 3 is 2.61 bits per heavy atom. The third-order valence-corrected chi connectivity index (χ3v) is 4.91. The zero-order valence-corrected chi connectivity index (χ0v) is 11.3. The van der Waals surface area contributed by atoms with Crippen molar-refractivity contribution in [3.8, 4) is 0 Å². The Hall–Kier alpha value is -1.31. The van der Waals surface area contributed by atoms with Gasteiger partial charge in [0, 0.05) is 18.2 Å². The summed E-state index contributed by atoms with van der Waals surface area (Å²) in [7, 11) is 0. The Bertz CT molecular complexity index is 466. The lowest BCUT2D eigenvalue weighted by molar-refractivity contribution is 0.163. The fourth-order valence-corrected chi connectivity index (χ4v) is 3.42. The Morgan fingerprint density at radius 1 is 1.11 bits per heavy atom. The van der Waals surface area contributed by atoms with E-state index in [2.05, 4.69) is 36.9 Å². The van der Waals surface area contributed by atoms with Gasteiger partial charge < -0.3 is 4.90 Å². The van der Waals surface area contributed by atoms with Crippen LogP contribution in [0.5, 0.6) is 0 Å². The van der Waals surface area contributed by atoms with E-state index in [0.717, 1.165) is 29.8 Å². The Morgan fingerprint density at radius 2 is 1.89 bits per heavy atom. The summed E-state index contributed by atoms with van der Waals surface area (Å²) in [5, 5.41) is 8.37. The Balaban J connectivity index is 1.78. The molecule has 2 heteroatoms. The summed E-state index contributed by atoms with van der Waals surface area (Å²) in [4.78, 5) is 2.33. The van der Waals surface area contributed by atoms with Crippen LogP contribution in [0.3, 0.4) is 0 Å². The van der Waals surface area contributed by atoms with Crippen LogP contribution in [0.25, 0.3) is 0 Å². The minimum Gasteiger partial charge on any atom is -0.349 e. The van der Waals surface area contributed by atoms with Crippen molar-refractivity contribution in [1.82, 2.24) is 4.90 Å². The SMILES string of the molecule is CC1CCC(N2Cc3ccccc3C2=N)CC1C. The molecule has 96 valence electrons. The molecule has 1 aliphatic heterocycles. The van der Waals surface area contributed by atoms with Gasteiger partial charge in [-0.25, -0.2) is 0 Å². The molecule has 0 bridgehead atoms. The monoisotopic (exact) mass is 242 g/mol. The van der Waals surface area contributed by atoms with Gasteiger partial charge in [0.05, 0.1) is 0 Å². The van der Waals surface area contributed by atoms with E-state index in [1.165, 1.54) is 24.8 Å². The van der Waals surface area contributed by atoms with Crippen LogP contribution in [-0.2, 0) is 6.54 Å². The van der Waals surface area contributed by atoms with Crippen LogP contribution in [0.4, 0.5) is 0 Å². The maximum Gasteiger partial charge on any atom is 0.128 e. The molecule has 18 heavy (non-hydrogen) atoms. The number of rotatable bonds is 1. The largest absolute Gasteiger partial charge is 0.349 e. The number of benzene rings is 1. The zero-order chi connectivity index (χ0) is 12.7. The molecule has 1 saturated carbocycles. The van der Waals surface area contributed by atoms with Gasteiger partial charge in [0.25, 0.3) is 0 Å². The lowest BCUT2D eigenvalue weighted by atomic mass is 9.78. The number of hydrogen-bond acceptors (Lipinski definition) is 1. The molecule has 3 atom stereocenters. The molecule has 0 amide bonds. The van der Waals surface area contributed by atoms with Crippen LogP contribution in [0, 0.1) is 17.2 Å². The summed E-state index contributed by atoms with van der Waals surface area (Å²) in [6, 6.07) is 8.96. The van der Waals surface area contributed by atoms with Gasteiger partial charge in [-0.2, -0.15) is 0 Å². The molecule has 0 radical (unpaired) electrons. The summed E-state index contributed by atoms with van der Waals surface area (Å²) in [5.41, 5.74) is 2.47. The van der Waals surface area contributed by atoms with Gasteiger partial charge in [0.15, 0.2) is 0 Å². The number of nitrogens with zero attached hydrogens (tertiary/aromatic N) is 1. The highest BCUT2D eigenvalue weighted by atomic mass is 15.2. The van der Waals surface area contributed by atoms with E-state index >= 15 is 0 Å². The summed E-state index contributed by atoms with van der Waals surface area (Å²) in [6.07, 6.45) is 3.81. The van der Waals surface area contributed by atoms with Crippen molar-refractivity contribution in [2.45, 2.75) is 45.7 Å². The molecule has 3 unspecified atom stereocenters. The van der Waals surface area contributed by atoms with Crippen molar-refractivity contribution in [3.63, 3.8) is 0 Å². The highest BCUT2D eigenvalue weighted by Gasteiger charge is 2.33. The maximum absolute atomic E-state index is 8.37. The van der Waals surface area contributed by atoms with Gasteiger partial charge in [0.2, 0.25) is 0 Å². The summed E-state index contributed by atoms with van der Waals surface area (Å²) in [5.74, 6) is 2.39. The van der Waals surface area contributed by atoms with Gasteiger partial charge in [-0.1, -0.05) is 38.1 Å². The van der Waals surface area contributed by atoms with Gasteiger partial charge in [-0.3, -0.25) is 5.41 Å². The van der Waals surface area contributed by atoms with Gasteiger partial charge in [-0.05, 0) is 36.7 Å². The Labute approximate surface area is 110 Å². The van der Waals surface area contributed by atoms with Crippen LogP contribution in [0.1, 0.15) is 44.2 Å². The summed E-state index contributed by atoms with van der Waals surface area (Å²) < 4.78 is 0. The second-order valence-electron chi connectivity index (χ2n) is 6.06. The average molecular weight is 242 g/mol. The lowest BCUT2D eigenvalue weighted by Crippen LogP contribution is -2.40. The first-order valence-corrected chi connectivity index (χ1v) is 7.10. The average Bonchev–Trinajstić information content (AvgIpc) is 2.71. The van der Waals surface area contributed by atoms with Gasteiger partial charge in [-0.15, -0.1) is 0 Å². The van der Waals surface area contributed by atoms with E-state index in [1.807, 2.05) is 6.07 Å². The minimum atomic E-state index is 0.580. The first kappa shape index (κ1) is 11.8. The van der Waals surface area contributed by atoms with E-state index in [0.29, 0.717) is 6.04 Å². The van der Waals surface area contributed by atoms with Crippen molar-refractivity contribution in [2.75, 3.05) is 0 Å². The Kier molecular flexibility index (Phi) is 2.89. The highest BCUT2D eigenvalue weighted by Crippen LogP contribution is 2.35. The maximum atomic E-state index is 8.37. The first-order chi connectivity index (χ1) is 8.66. The topological polar surface area (TPSA) is 27.1 Å². The normalized spacial score (nSPS) is 31.6. The third kappa shape index (κ3) is 1.84. The van der Waals surface area contributed by atoms with Crippen LogP contribution < -0.4 is 0 Å². The molecule has 0 spiro atoms. The summed E-state index contributed by atoms with van der Waals surface area (Å²) in [6.45, 7) is 5.68. The molecule has 0 saturated heterocycles. The molecule has 1 heterocycles. The number of fused-ring (bicyclic) bond motifs is 1. The fourth-order valence-electron chi connectivity index (χ4n) is 3.42. The van der Waals surface area contributed by atoms with E-state index < -0.39 is 0 Å². The molecule has 2 aliphatic rings. The number of amidine groups is 1. The molecule has 1 N–H and O–H groups in total. The standard InChI is InChI=1S/C16H22N2/c1-11-7-8-14(9-12(11)2)18-10-13-5-3-4-6-15(13)16(18)17/h3-6,11-12,14,17H,7-10H2,1-2H3. The smallest absolute Gasteiger partial charge is 0.128 e. The number of nitrogens with one attached hydrogen (secondary N) is 1. The molecule has 3 rings (SSSR count). The van der Waals surface area contributed by atoms with Crippen LogP contribution in [0.2, 0.25) is 0 Å². The van der Waals surface area contributed by atoms with Gasteiger partial charge in [0.1, 0.15) is 5.84 Å². The molecule has 2 nitrogen and oxygen atoms in total. The highest BCUT2D eigenvalue weighted by molar-refractivity contribution is 6.00. The molecule has 1 aromatic carbocycles. The van der Waals surface area contributed by atoms with Crippen LogP contribution in [-0.4, -0.2) is 16.8 Å². The van der Waals surface area contributed by atoms with Crippen LogP contribution in [0.15, 0.2) is 24.3 Å². The zero-order valence-electron chi connectivity index (χ0n) is 11.3. The summed E-state index contributed by atoms with van der Waals surface area (Å²) >= 11 is 0. The minimum absolute atomic E-state index is 0.580. The van der Waals surface area contributed by atoms with E-state index in [-0.39, 0.29) is 0 Å². The molecular weight excluding hydrogens is 220 g/mol. The molecule has 1 aromatic rings. The molecule has 1 aliphatic carbocycles. The van der Waals surface area contributed by atoms with Crippen molar-refractivity contribution >= 4 is 5.84 Å². The predicted molar refractivity (Wildman–Crippen MR) is 74.8 cm³/mol.